The van der Waals surface area contributed by atoms with Crippen LogP contribution >= 0.6 is 24.0 Å². The molecule has 1 aliphatic rings. The number of piperazine rings is 1. The Morgan fingerprint density at radius 1 is 1.38 bits per heavy atom. The zero-order valence-corrected chi connectivity index (χ0v) is 17.2. The molecule has 8 heteroatoms. The Labute approximate surface area is 161 Å². The third-order valence-electron chi connectivity index (χ3n) is 3.74. The molecule has 7 nitrogen and oxygen atoms in total. The Morgan fingerprint density at radius 3 is 2.71 bits per heavy atom. The fraction of sp³-hybridized carbons (Fsp3) is 0.750. The second-order valence-corrected chi connectivity index (χ2v) is 6.20. The summed E-state index contributed by atoms with van der Waals surface area (Å²) in [5, 5.41) is 7.35. The van der Waals surface area contributed by atoms with E-state index in [-0.39, 0.29) is 24.0 Å². The first-order valence-corrected chi connectivity index (χ1v) is 8.34. The number of aromatic nitrogens is 1. The molecule has 0 aliphatic carbocycles. The van der Waals surface area contributed by atoms with Gasteiger partial charge in [0.05, 0.1) is 12.3 Å². The molecule has 0 radical (unpaired) electrons. The van der Waals surface area contributed by atoms with Gasteiger partial charge in [-0.3, -0.25) is 9.89 Å². The number of nitrogens with zero attached hydrogens (tertiary/aromatic N) is 4. The van der Waals surface area contributed by atoms with E-state index in [9.17, 15) is 0 Å². The maximum atomic E-state index is 5.59. The van der Waals surface area contributed by atoms with Gasteiger partial charge < -0.3 is 19.5 Å². The van der Waals surface area contributed by atoms with E-state index in [2.05, 4.69) is 39.1 Å². The van der Waals surface area contributed by atoms with Gasteiger partial charge in [-0.2, -0.15) is 0 Å². The van der Waals surface area contributed by atoms with E-state index < -0.39 is 0 Å². The normalized spacial score (nSPS) is 16.3. The van der Waals surface area contributed by atoms with Crippen LogP contribution in [0.3, 0.4) is 0 Å². The van der Waals surface area contributed by atoms with E-state index in [4.69, 9.17) is 9.26 Å². The van der Waals surface area contributed by atoms with Crippen LogP contribution in [-0.4, -0.2) is 73.9 Å². The zero-order valence-electron chi connectivity index (χ0n) is 14.9. The largest absolute Gasteiger partial charge is 0.379 e. The van der Waals surface area contributed by atoms with Crippen LogP contribution in [0.5, 0.6) is 0 Å². The molecule has 1 fully saturated rings. The Kier molecular flexibility index (Phi) is 10.3. The summed E-state index contributed by atoms with van der Waals surface area (Å²) in [5.74, 6) is 1.53. The second-order valence-electron chi connectivity index (χ2n) is 6.20. The first kappa shape index (κ1) is 21.2. The average Bonchev–Trinajstić information content (AvgIpc) is 3.05. The van der Waals surface area contributed by atoms with E-state index in [1.165, 1.54) is 0 Å². The second kappa shape index (κ2) is 11.6. The minimum Gasteiger partial charge on any atom is -0.379 e. The Hall–Kier alpha value is -0.870. The highest BCUT2D eigenvalue weighted by molar-refractivity contribution is 14.0. The summed E-state index contributed by atoms with van der Waals surface area (Å²) >= 11 is 0. The lowest BCUT2D eigenvalue weighted by atomic mass is 10.2. The number of aliphatic imine (C=N–C) groups is 1. The van der Waals surface area contributed by atoms with Gasteiger partial charge in [-0.15, -0.1) is 24.0 Å². The average molecular weight is 451 g/mol. The molecular weight excluding hydrogens is 421 g/mol. The summed E-state index contributed by atoms with van der Waals surface area (Å²) < 4.78 is 10.5. The van der Waals surface area contributed by atoms with Gasteiger partial charge >= 0.3 is 0 Å². The molecular formula is C16H30IN5O2. The number of halogens is 1. The molecule has 24 heavy (non-hydrogen) atoms. The number of ether oxygens (including phenoxy) is 1. The van der Waals surface area contributed by atoms with Gasteiger partial charge in [0, 0.05) is 59.0 Å². The monoisotopic (exact) mass is 451 g/mol. The molecule has 2 heterocycles. The molecule has 0 atom stereocenters. The fourth-order valence-corrected chi connectivity index (χ4v) is 2.55. The number of rotatable bonds is 7. The zero-order chi connectivity index (χ0) is 16.5. The van der Waals surface area contributed by atoms with Crippen molar-refractivity contribution in [3.05, 3.63) is 18.0 Å². The lowest BCUT2D eigenvalue weighted by Gasteiger charge is -2.36. The first-order chi connectivity index (χ1) is 11.2. The van der Waals surface area contributed by atoms with Crippen molar-refractivity contribution in [3.63, 3.8) is 0 Å². The van der Waals surface area contributed by atoms with E-state index in [1.807, 2.05) is 13.1 Å². The highest BCUT2D eigenvalue weighted by Crippen LogP contribution is 2.07. The van der Waals surface area contributed by atoms with E-state index in [0.717, 1.165) is 57.5 Å². The van der Waals surface area contributed by atoms with Gasteiger partial charge in [-0.1, -0.05) is 19.0 Å². The predicted octanol–water partition coefficient (Wildman–Crippen LogP) is 1.66. The molecule has 0 unspecified atom stereocenters. The van der Waals surface area contributed by atoms with Crippen LogP contribution in [0.15, 0.2) is 21.8 Å². The summed E-state index contributed by atoms with van der Waals surface area (Å²) in [6, 6.07) is 1.92. The summed E-state index contributed by atoms with van der Waals surface area (Å²) in [6.45, 7) is 11.4. The maximum absolute atomic E-state index is 5.59. The van der Waals surface area contributed by atoms with Crippen LogP contribution in [0.2, 0.25) is 0 Å². The van der Waals surface area contributed by atoms with Crippen LogP contribution in [0.1, 0.15) is 19.5 Å². The highest BCUT2D eigenvalue weighted by Gasteiger charge is 2.20. The van der Waals surface area contributed by atoms with Crippen LogP contribution in [0.25, 0.3) is 0 Å². The molecule has 0 aromatic carbocycles. The lowest BCUT2D eigenvalue weighted by Crippen LogP contribution is -2.52. The Balaban J connectivity index is 0.00000288. The smallest absolute Gasteiger partial charge is 0.193 e. The molecule has 1 aliphatic heterocycles. The molecule has 0 spiro atoms. The van der Waals surface area contributed by atoms with Crippen molar-refractivity contribution < 1.29 is 9.26 Å². The van der Waals surface area contributed by atoms with Crippen molar-refractivity contribution in [3.8, 4) is 0 Å². The minimum absolute atomic E-state index is 0. The van der Waals surface area contributed by atoms with Crippen molar-refractivity contribution in [2.45, 2.75) is 20.4 Å². The summed E-state index contributed by atoms with van der Waals surface area (Å²) in [7, 11) is 1.83. The van der Waals surface area contributed by atoms with Gasteiger partial charge in [0.2, 0.25) is 0 Å². The first-order valence-electron chi connectivity index (χ1n) is 8.34. The highest BCUT2D eigenvalue weighted by atomic mass is 127. The third kappa shape index (κ3) is 7.35. The lowest BCUT2D eigenvalue weighted by molar-refractivity contribution is 0.113. The van der Waals surface area contributed by atoms with Crippen LogP contribution in [0.4, 0.5) is 0 Å². The van der Waals surface area contributed by atoms with Crippen LogP contribution in [0, 0.1) is 5.92 Å². The fourth-order valence-electron chi connectivity index (χ4n) is 2.55. The molecule has 0 amide bonds. The molecule has 1 aromatic rings. The molecule has 0 bridgehead atoms. The van der Waals surface area contributed by atoms with Gasteiger partial charge in [0.1, 0.15) is 6.26 Å². The SMILES string of the molecule is CN=C(NCCOCC(C)C)N1CCN(Cc2ccon2)CC1.I. The van der Waals surface area contributed by atoms with Gasteiger partial charge in [0.25, 0.3) is 0 Å². The Morgan fingerprint density at radius 2 is 2.12 bits per heavy atom. The van der Waals surface area contributed by atoms with Gasteiger partial charge in [-0.25, -0.2) is 0 Å². The molecule has 1 aromatic heterocycles. The van der Waals surface area contributed by atoms with Crippen molar-refractivity contribution in [1.29, 1.82) is 0 Å². The van der Waals surface area contributed by atoms with E-state index in [1.54, 1.807) is 6.26 Å². The van der Waals surface area contributed by atoms with Crippen molar-refractivity contribution in [2.75, 3.05) is 53.0 Å². The molecule has 2 rings (SSSR count). The minimum atomic E-state index is 0. The number of nitrogens with one attached hydrogen (secondary N) is 1. The predicted molar refractivity (Wildman–Crippen MR) is 106 cm³/mol. The van der Waals surface area contributed by atoms with Crippen molar-refractivity contribution in [2.24, 2.45) is 10.9 Å². The molecule has 138 valence electrons. The summed E-state index contributed by atoms with van der Waals surface area (Å²) in [5.41, 5.74) is 0.989. The van der Waals surface area contributed by atoms with E-state index in [0.29, 0.717) is 12.5 Å². The standard InChI is InChI=1S/C16H29N5O2.HI/c1-14(2)13-22-11-5-18-16(17-3)21-8-6-20(7-9-21)12-15-4-10-23-19-15;/h4,10,14H,5-9,11-13H2,1-3H3,(H,17,18);1H. The van der Waals surface area contributed by atoms with Gasteiger partial charge in [-0.05, 0) is 5.92 Å². The summed E-state index contributed by atoms with van der Waals surface area (Å²) in [4.78, 5) is 9.05. The van der Waals surface area contributed by atoms with Crippen molar-refractivity contribution in [1.82, 2.24) is 20.3 Å². The number of hydrogen-bond donors (Lipinski definition) is 1. The maximum Gasteiger partial charge on any atom is 0.193 e. The molecule has 1 N–H and O–H groups in total. The van der Waals surface area contributed by atoms with E-state index >= 15 is 0 Å². The topological polar surface area (TPSA) is 66.1 Å². The quantitative estimate of drug-likeness (QED) is 0.295. The third-order valence-corrected chi connectivity index (χ3v) is 3.74. The van der Waals surface area contributed by atoms with Crippen molar-refractivity contribution >= 4 is 29.9 Å². The van der Waals surface area contributed by atoms with Gasteiger partial charge in [0.15, 0.2) is 5.96 Å². The van der Waals surface area contributed by atoms with Crippen LogP contribution < -0.4 is 5.32 Å². The Bertz CT molecular complexity index is 459. The van der Waals surface area contributed by atoms with Crippen LogP contribution in [-0.2, 0) is 11.3 Å². The summed E-state index contributed by atoms with van der Waals surface area (Å²) in [6.07, 6.45) is 1.62. The molecule has 1 saturated heterocycles. The number of hydrogen-bond acceptors (Lipinski definition) is 5. The molecule has 0 saturated carbocycles. The number of guanidine groups is 1.